The normalized spacial score (nSPS) is 12.0. The third-order valence-electron chi connectivity index (χ3n) is 3.11. The van der Waals surface area contributed by atoms with E-state index in [1.165, 1.54) is 12.3 Å². The summed E-state index contributed by atoms with van der Waals surface area (Å²) in [6, 6.07) is 6.44. The number of aromatic nitrogens is 1. The number of aryl methyl sites for hydroxylation is 2. The molecule has 0 radical (unpaired) electrons. The second-order valence-electron chi connectivity index (χ2n) is 4.86. The Kier molecular flexibility index (Phi) is 4.18. The summed E-state index contributed by atoms with van der Waals surface area (Å²) in [4.78, 5) is 14.6. The maximum absolute atomic E-state index is 11.0. The van der Waals surface area contributed by atoms with Crippen molar-refractivity contribution in [1.29, 1.82) is 0 Å². The van der Waals surface area contributed by atoms with Crippen LogP contribution in [0.5, 0.6) is 11.5 Å². The molecular formula is C15H16N2O4. The van der Waals surface area contributed by atoms with Gasteiger partial charge in [0.05, 0.1) is 29.0 Å². The topological polar surface area (TPSA) is 85.5 Å². The molecule has 6 nitrogen and oxygen atoms in total. The second-order valence-corrected chi connectivity index (χ2v) is 4.86. The average molecular weight is 288 g/mol. The van der Waals surface area contributed by atoms with Crippen LogP contribution in [0.25, 0.3) is 0 Å². The van der Waals surface area contributed by atoms with E-state index in [4.69, 9.17) is 4.74 Å². The van der Waals surface area contributed by atoms with Crippen LogP contribution in [-0.2, 0) is 0 Å². The molecule has 110 valence electrons. The van der Waals surface area contributed by atoms with Gasteiger partial charge in [-0.1, -0.05) is 0 Å². The molecule has 1 atom stereocenters. The van der Waals surface area contributed by atoms with Gasteiger partial charge in [0.2, 0.25) is 0 Å². The molecule has 0 amide bonds. The number of ether oxygens (including phenoxy) is 1. The van der Waals surface area contributed by atoms with Crippen LogP contribution in [0.1, 0.15) is 29.8 Å². The highest BCUT2D eigenvalue weighted by atomic mass is 16.6. The van der Waals surface area contributed by atoms with Crippen molar-refractivity contribution in [2.75, 3.05) is 0 Å². The van der Waals surface area contributed by atoms with Gasteiger partial charge in [0.15, 0.2) is 0 Å². The Hall–Kier alpha value is -2.47. The van der Waals surface area contributed by atoms with Gasteiger partial charge in [0, 0.05) is 5.56 Å². The van der Waals surface area contributed by atoms with Gasteiger partial charge < -0.3 is 9.84 Å². The monoisotopic (exact) mass is 288 g/mol. The van der Waals surface area contributed by atoms with Gasteiger partial charge in [-0.05, 0) is 44.5 Å². The molecule has 1 aromatic heterocycles. The molecule has 0 spiro atoms. The minimum atomic E-state index is -0.652. The molecule has 2 aromatic rings. The molecule has 1 heterocycles. The van der Waals surface area contributed by atoms with Crippen LogP contribution in [0.4, 0.5) is 5.69 Å². The molecule has 6 heteroatoms. The summed E-state index contributed by atoms with van der Waals surface area (Å²) in [6.45, 7) is 5.13. The molecule has 21 heavy (non-hydrogen) atoms. The summed E-state index contributed by atoms with van der Waals surface area (Å²) < 4.78 is 5.64. The molecule has 2 rings (SSSR count). The fraction of sp³-hybridized carbons (Fsp3) is 0.267. The number of aliphatic hydroxyl groups excluding tert-OH is 1. The number of rotatable bonds is 4. The van der Waals surface area contributed by atoms with Crippen molar-refractivity contribution in [1.82, 2.24) is 4.98 Å². The molecule has 1 N–H and O–H groups in total. The number of aliphatic hydroxyl groups is 1. The molecule has 1 unspecified atom stereocenters. The first-order valence-corrected chi connectivity index (χ1v) is 6.46. The van der Waals surface area contributed by atoms with E-state index < -0.39 is 11.0 Å². The Labute approximate surface area is 122 Å². The third kappa shape index (κ3) is 3.35. The number of hydrogen-bond donors (Lipinski definition) is 1. The Morgan fingerprint density at radius 3 is 2.52 bits per heavy atom. The van der Waals surface area contributed by atoms with Crippen LogP contribution in [0.15, 0.2) is 30.5 Å². The van der Waals surface area contributed by atoms with Crippen LogP contribution in [-0.4, -0.2) is 15.0 Å². The zero-order chi connectivity index (χ0) is 15.6. The van der Waals surface area contributed by atoms with Gasteiger partial charge in [-0.3, -0.25) is 15.1 Å². The molecule has 0 aliphatic rings. The van der Waals surface area contributed by atoms with E-state index in [2.05, 4.69) is 4.98 Å². The summed E-state index contributed by atoms with van der Waals surface area (Å²) in [5.74, 6) is 0.875. The van der Waals surface area contributed by atoms with Crippen LogP contribution in [0, 0.1) is 24.0 Å². The molecule has 0 bridgehead atoms. The summed E-state index contributed by atoms with van der Waals surface area (Å²) in [5.41, 5.74) is 1.95. The average Bonchev–Trinajstić information content (AvgIpc) is 2.42. The summed E-state index contributed by atoms with van der Waals surface area (Å²) in [6.07, 6.45) is 0.828. The largest absolute Gasteiger partial charge is 0.455 e. The van der Waals surface area contributed by atoms with E-state index >= 15 is 0 Å². The van der Waals surface area contributed by atoms with E-state index in [9.17, 15) is 15.2 Å². The standard InChI is InChI=1S/C15H16N2O4/c1-9-6-10(2)15(7-14(9)17(19)20)21-12-4-5-13(11(3)18)16-8-12/h4-8,11,18H,1-3H3. The first-order valence-electron chi connectivity index (χ1n) is 6.46. The number of pyridine rings is 1. The summed E-state index contributed by atoms with van der Waals surface area (Å²) in [7, 11) is 0. The maximum atomic E-state index is 11.0. The van der Waals surface area contributed by atoms with Gasteiger partial charge in [-0.2, -0.15) is 0 Å². The first kappa shape index (κ1) is 14.9. The molecule has 0 fully saturated rings. The minimum Gasteiger partial charge on any atom is -0.455 e. The van der Waals surface area contributed by atoms with Crippen LogP contribution in [0.2, 0.25) is 0 Å². The molecule has 0 saturated heterocycles. The number of benzene rings is 1. The van der Waals surface area contributed by atoms with E-state index in [0.717, 1.165) is 5.56 Å². The number of hydrogen-bond acceptors (Lipinski definition) is 5. The van der Waals surface area contributed by atoms with Crippen molar-refractivity contribution in [2.45, 2.75) is 26.9 Å². The highest BCUT2D eigenvalue weighted by Crippen LogP contribution is 2.31. The van der Waals surface area contributed by atoms with E-state index in [1.54, 1.807) is 32.0 Å². The third-order valence-corrected chi connectivity index (χ3v) is 3.11. The second kappa shape index (κ2) is 5.88. The van der Waals surface area contributed by atoms with Gasteiger partial charge in [0.1, 0.15) is 11.5 Å². The zero-order valence-corrected chi connectivity index (χ0v) is 12.0. The maximum Gasteiger partial charge on any atom is 0.276 e. The lowest BCUT2D eigenvalue weighted by molar-refractivity contribution is -0.385. The quantitative estimate of drug-likeness (QED) is 0.688. The SMILES string of the molecule is Cc1cc(C)c([N+](=O)[O-])cc1Oc1ccc(C(C)O)nc1. The predicted molar refractivity (Wildman–Crippen MR) is 77.5 cm³/mol. The van der Waals surface area contributed by atoms with Crippen molar-refractivity contribution in [3.63, 3.8) is 0 Å². The van der Waals surface area contributed by atoms with E-state index in [0.29, 0.717) is 22.8 Å². The summed E-state index contributed by atoms with van der Waals surface area (Å²) >= 11 is 0. The zero-order valence-electron chi connectivity index (χ0n) is 12.0. The van der Waals surface area contributed by atoms with Gasteiger partial charge in [0.25, 0.3) is 5.69 Å². The Balaban J connectivity index is 2.30. The van der Waals surface area contributed by atoms with Crippen LogP contribution in [0.3, 0.4) is 0 Å². The lowest BCUT2D eigenvalue weighted by Crippen LogP contribution is -1.97. The first-order chi connectivity index (χ1) is 9.88. The lowest BCUT2D eigenvalue weighted by Gasteiger charge is -2.10. The Morgan fingerprint density at radius 1 is 1.29 bits per heavy atom. The van der Waals surface area contributed by atoms with Gasteiger partial charge in [-0.25, -0.2) is 0 Å². The number of nitro groups is 1. The van der Waals surface area contributed by atoms with Gasteiger partial charge in [-0.15, -0.1) is 0 Å². The molecule has 0 aliphatic heterocycles. The van der Waals surface area contributed by atoms with Crippen molar-refractivity contribution >= 4 is 5.69 Å². The molecular weight excluding hydrogens is 272 g/mol. The number of nitro benzene ring substituents is 1. The van der Waals surface area contributed by atoms with Gasteiger partial charge >= 0.3 is 0 Å². The number of nitrogens with zero attached hydrogens (tertiary/aromatic N) is 2. The highest BCUT2D eigenvalue weighted by Gasteiger charge is 2.15. The van der Waals surface area contributed by atoms with Crippen molar-refractivity contribution in [3.8, 4) is 11.5 Å². The Morgan fingerprint density at radius 2 is 2.00 bits per heavy atom. The van der Waals surface area contributed by atoms with E-state index in [-0.39, 0.29) is 5.69 Å². The van der Waals surface area contributed by atoms with Crippen LogP contribution < -0.4 is 4.74 Å². The summed E-state index contributed by atoms with van der Waals surface area (Å²) in [5, 5.41) is 20.4. The fourth-order valence-electron chi connectivity index (χ4n) is 1.95. The molecule has 1 aromatic carbocycles. The van der Waals surface area contributed by atoms with Crippen molar-refractivity contribution in [3.05, 3.63) is 57.4 Å². The van der Waals surface area contributed by atoms with E-state index in [1.807, 2.05) is 6.92 Å². The molecule has 0 aliphatic carbocycles. The van der Waals surface area contributed by atoms with Crippen LogP contribution >= 0.6 is 0 Å². The van der Waals surface area contributed by atoms with Crippen molar-refractivity contribution < 1.29 is 14.8 Å². The predicted octanol–water partition coefficient (Wildman–Crippen LogP) is 3.45. The van der Waals surface area contributed by atoms with Crippen molar-refractivity contribution in [2.24, 2.45) is 0 Å². The smallest absolute Gasteiger partial charge is 0.276 e. The minimum absolute atomic E-state index is 0.0177. The fourth-order valence-corrected chi connectivity index (χ4v) is 1.95. The lowest BCUT2D eigenvalue weighted by atomic mass is 10.1. The molecule has 0 saturated carbocycles. The Bertz CT molecular complexity index is 666. The highest BCUT2D eigenvalue weighted by molar-refractivity contribution is 5.50.